The molecule has 2 bridgehead atoms. The standard InChI is InChI=1S/C35H49N3O4S/c1-4-22-36(26-16-10-8-11-17-26)31(40)28-29-32(41)38(24-14-6-7-15-25-39)30(35(29)21-20-34(28,3)43-35)33(42)37(23-5-2)27-18-12-9-13-19-27/h4-5,8,10-11,16-17,27-30,39H,1-2,6-7,9,12-15,18-25H2,3H3/t28-,29+,30?,34+,35?/m1/s1. The number of benzene rings is 1. The highest BCUT2D eigenvalue weighted by Crippen LogP contribution is 2.71. The molecule has 1 N–H and O–H groups in total. The monoisotopic (exact) mass is 607 g/mol. The Hall–Kier alpha value is -2.58. The van der Waals surface area contributed by atoms with Crippen molar-refractivity contribution in [2.45, 2.75) is 99.1 Å². The number of hydrogen-bond donors (Lipinski definition) is 1. The molecule has 1 aliphatic carbocycles. The van der Waals surface area contributed by atoms with E-state index in [4.69, 9.17) is 0 Å². The first-order valence-corrected chi connectivity index (χ1v) is 17.1. The van der Waals surface area contributed by atoms with E-state index in [2.05, 4.69) is 20.1 Å². The first kappa shape index (κ1) is 31.8. The average molecular weight is 608 g/mol. The number of carbonyl (C=O) groups is 3. The fourth-order valence-corrected chi connectivity index (χ4v) is 10.7. The van der Waals surface area contributed by atoms with Crippen LogP contribution in [0.15, 0.2) is 55.6 Å². The van der Waals surface area contributed by atoms with Gasteiger partial charge in [0.2, 0.25) is 17.7 Å². The maximum Gasteiger partial charge on any atom is 0.247 e. The molecule has 1 saturated carbocycles. The van der Waals surface area contributed by atoms with Crippen LogP contribution in [0.2, 0.25) is 0 Å². The van der Waals surface area contributed by atoms with E-state index in [1.807, 2.05) is 46.2 Å². The van der Waals surface area contributed by atoms with Gasteiger partial charge in [-0.05, 0) is 57.6 Å². The van der Waals surface area contributed by atoms with E-state index in [9.17, 15) is 19.5 Å². The molecule has 5 rings (SSSR count). The SMILES string of the molecule is C=CCN(C(=O)[C@H]1[C@H]2C(=O)N(CCCCCCO)C(C(=O)N(CC=C)C3CCCCC3)C23CC[C@]1(C)S3)c1ccccc1. The van der Waals surface area contributed by atoms with Gasteiger partial charge in [0.25, 0.3) is 0 Å². The lowest BCUT2D eigenvalue weighted by molar-refractivity contribution is -0.144. The Balaban J connectivity index is 1.52. The summed E-state index contributed by atoms with van der Waals surface area (Å²) in [6.45, 7) is 11.5. The topological polar surface area (TPSA) is 81.2 Å². The van der Waals surface area contributed by atoms with Crippen molar-refractivity contribution < 1.29 is 19.5 Å². The quantitative estimate of drug-likeness (QED) is 0.220. The molecule has 1 aromatic rings. The highest BCUT2D eigenvalue weighted by Gasteiger charge is 2.77. The number of aliphatic hydroxyl groups is 1. The predicted molar refractivity (Wildman–Crippen MR) is 174 cm³/mol. The smallest absolute Gasteiger partial charge is 0.247 e. The first-order valence-electron chi connectivity index (χ1n) is 16.3. The van der Waals surface area contributed by atoms with Crippen LogP contribution in [-0.2, 0) is 14.4 Å². The van der Waals surface area contributed by atoms with E-state index < -0.39 is 27.4 Å². The lowest BCUT2D eigenvalue weighted by Gasteiger charge is -2.41. The van der Waals surface area contributed by atoms with Crippen LogP contribution in [0, 0.1) is 11.8 Å². The van der Waals surface area contributed by atoms with Crippen molar-refractivity contribution in [3.8, 4) is 0 Å². The summed E-state index contributed by atoms with van der Waals surface area (Å²) in [4.78, 5) is 49.7. The zero-order chi connectivity index (χ0) is 30.6. The Kier molecular flexibility index (Phi) is 10.1. The van der Waals surface area contributed by atoms with Crippen molar-refractivity contribution in [1.82, 2.24) is 9.80 Å². The van der Waals surface area contributed by atoms with Gasteiger partial charge in [0.1, 0.15) is 6.04 Å². The number of likely N-dealkylation sites (tertiary alicyclic amines) is 1. The van der Waals surface area contributed by atoms with E-state index in [1.54, 1.807) is 22.7 Å². The summed E-state index contributed by atoms with van der Waals surface area (Å²) in [7, 11) is 0. The average Bonchev–Trinajstić information content (AvgIpc) is 3.59. The Bertz CT molecular complexity index is 1190. The highest BCUT2D eigenvalue weighted by atomic mass is 32.2. The van der Waals surface area contributed by atoms with Crippen LogP contribution in [0.1, 0.15) is 77.6 Å². The summed E-state index contributed by atoms with van der Waals surface area (Å²) in [5.74, 6) is -1.11. The van der Waals surface area contributed by atoms with Gasteiger partial charge in [0, 0.05) is 42.7 Å². The molecule has 234 valence electrons. The van der Waals surface area contributed by atoms with Crippen LogP contribution < -0.4 is 4.90 Å². The van der Waals surface area contributed by atoms with Gasteiger partial charge in [-0.2, -0.15) is 0 Å². The minimum atomic E-state index is -0.626. The third-order valence-electron chi connectivity index (χ3n) is 10.4. The number of rotatable bonds is 14. The Morgan fingerprint density at radius 1 is 1.00 bits per heavy atom. The van der Waals surface area contributed by atoms with Gasteiger partial charge in [-0.1, -0.05) is 62.5 Å². The first-order chi connectivity index (χ1) is 20.8. The minimum Gasteiger partial charge on any atom is -0.396 e. The van der Waals surface area contributed by atoms with Crippen molar-refractivity contribution in [3.05, 3.63) is 55.6 Å². The largest absolute Gasteiger partial charge is 0.396 e. The molecule has 0 radical (unpaired) electrons. The predicted octanol–water partition coefficient (Wildman–Crippen LogP) is 5.59. The van der Waals surface area contributed by atoms with Crippen molar-refractivity contribution in [2.75, 3.05) is 31.1 Å². The summed E-state index contributed by atoms with van der Waals surface area (Å²) >= 11 is 1.75. The van der Waals surface area contributed by atoms with Crippen LogP contribution >= 0.6 is 11.8 Å². The number of hydrogen-bond acceptors (Lipinski definition) is 5. The number of anilines is 1. The van der Waals surface area contributed by atoms with E-state index in [0.717, 1.165) is 69.9 Å². The van der Waals surface area contributed by atoms with Crippen LogP contribution in [0.4, 0.5) is 5.69 Å². The van der Waals surface area contributed by atoms with Crippen LogP contribution in [0.25, 0.3) is 0 Å². The van der Waals surface area contributed by atoms with Crippen LogP contribution in [0.3, 0.4) is 0 Å². The molecule has 3 saturated heterocycles. The Morgan fingerprint density at radius 2 is 1.70 bits per heavy atom. The molecule has 3 heterocycles. The fourth-order valence-electron chi connectivity index (χ4n) is 8.40. The number of aliphatic hydroxyl groups excluding tert-OH is 1. The van der Waals surface area contributed by atoms with Crippen LogP contribution in [-0.4, -0.2) is 80.4 Å². The number of carbonyl (C=O) groups excluding carboxylic acids is 3. The lowest BCUT2D eigenvalue weighted by atomic mass is 9.66. The second kappa shape index (κ2) is 13.6. The number of fused-ring (bicyclic) bond motifs is 1. The second-order valence-corrected chi connectivity index (χ2v) is 14.9. The summed E-state index contributed by atoms with van der Waals surface area (Å²) in [6.07, 6.45) is 13.8. The van der Waals surface area contributed by atoms with Crippen molar-refractivity contribution in [2.24, 2.45) is 11.8 Å². The normalized spacial score (nSPS) is 29.9. The summed E-state index contributed by atoms with van der Waals surface area (Å²) in [5, 5.41) is 9.25. The van der Waals surface area contributed by atoms with Gasteiger partial charge in [-0.15, -0.1) is 24.9 Å². The molecule has 1 aromatic carbocycles. The molecule has 4 fully saturated rings. The number of para-hydroxylation sites is 1. The van der Waals surface area contributed by atoms with Gasteiger partial charge < -0.3 is 19.8 Å². The van der Waals surface area contributed by atoms with E-state index >= 15 is 0 Å². The molecule has 8 heteroatoms. The molecule has 0 aromatic heterocycles. The van der Waals surface area contributed by atoms with E-state index in [-0.39, 0.29) is 30.4 Å². The molecule has 1 spiro atoms. The molecule has 4 aliphatic rings. The molecule has 3 aliphatic heterocycles. The molecule has 43 heavy (non-hydrogen) atoms. The van der Waals surface area contributed by atoms with Crippen LogP contribution in [0.5, 0.6) is 0 Å². The van der Waals surface area contributed by atoms with Gasteiger partial charge in [-0.3, -0.25) is 14.4 Å². The Labute approximate surface area is 261 Å². The molecular formula is C35H49N3O4S. The number of nitrogens with zero attached hydrogens (tertiary/aromatic N) is 3. The van der Waals surface area contributed by atoms with E-state index in [0.29, 0.717) is 19.6 Å². The summed E-state index contributed by atoms with van der Waals surface area (Å²) in [5.41, 5.74) is 0.797. The third kappa shape index (κ3) is 5.82. The van der Waals surface area contributed by atoms with Gasteiger partial charge in [0.15, 0.2) is 0 Å². The summed E-state index contributed by atoms with van der Waals surface area (Å²) in [6, 6.07) is 9.21. The number of thioether (sulfide) groups is 1. The lowest BCUT2D eigenvalue weighted by Crippen LogP contribution is -2.57. The maximum atomic E-state index is 14.8. The Morgan fingerprint density at radius 3 is 2.37 bits per heavy atom. The molecule has 3 amide bonds. The van der Waals surface area contributed by atoms with Crippen molar-refractivity contribution >= 4 is 35.2 Å². The van der Waals surface area contributed by atoms with Crippen molar-refractivity contribution in [3.63, 3.8) is 0 Å². The van der Waals surface area contributed by atoms with Gasteiger partial charge in [0.05, 0.1) is 16.6 Å². The minimum absolute atomic E-state index is 0.0360. The second-order valence-electron chi connectivity index (χ2n) is 13.0. The maximum absolute atomic E-state index is 14.8. The zero-order valence-electron chi connectivity index (χ0n) is 25.8. The summed E-state index contributed by atoms with van der Waals surface area (Å²) < 4.78 is -1.05. The molecule has 5 atom stereocenters. The highest BCUT2D eigenvalue weighted by molar-refractivity contribution is 8.02. The van der Waals surface area contributed by atoms with Gasteiger partial charge in [-0.25, -0.2) is 0 Å². The van der Waals surface area contributed by atoms with E-state index in [1.165, 1.54) is 6.42 Å². The number of unbranched alkanes of at least 4 members (excludes halogenated alkanes) is 3. The van der Waals surface area contributed by atoms with Crippen molar-refractivity contribution in [1.29, 1.82) is 0 Å². The number of amides is 3. The fraction of sp³-hybridized carbons (Fsp3) is 0.629. The third-order valence-corrected chi connectivity index (χ3v) is 12.3. The molecular weight excluding hydrogens is 558 g/mol. The molecule has 7 nitrogen and oxygen atoms in total. The molecule has 2 unspecified atom stereocenters. The van der Waals surface area contributed by atoms with Gasteiger partial charge >= 0.3 is 0 Å². The zero-order valence-corrected chi connectivity index (χ0v) is 26.6.